The van der Waals surface area contributed by atoms with Crippen LogP contribution in [-0.2, 0) is 0 Å². The Kier molecular flexibility index (Phi) is 5.50. The number of benzene rings is 1. The van der Waals surface area contributed by atoms with E-state index in [-0.39, 0.29) is 18.2 Å². The number of halogens is 2. The van der Waals surface area contributed by atoms with Crippen molar-refractivity contribution < 1.29 is 9.13 Å². The van der Waals surface area contributed by atoms with Gasteiger partial charge in [0.05, 0.1) is 17.5 Å². The van der Waals surface area contributed by atoms with Crippen molar-refractivity contribution in [1.82, 2.24) is 20.1 Å². The number of aromatic nitrogens is 3. The predicted octanol–water partition coefficient (Wildman–Crippen LogP) is 3.36. The van der Waals surface area contributed by atoms with Gasteiger partial charge in [0, 0.05) is 18.7 Å². The van der Waals surface area contributed by atoms with Crippen molar-refractivity contribution in [3.05, 3.63) is 48.4 Å². The molecule has 0 radical (unpaired) electrons. The second kappa shape index (κ2) is 7.80. The minimum absolute atomic E-state index is 0. The van der Waals surface area contributed by atoms with Crippen LogP contribution in [0.15, 0.2) is 42.6 Å². The Morgan fingerprint density at radius 3 is 2.96 bits per heavy atom. The third-order valence-electron chi connectivity index (χ3n) is 4.33. The number of hydrogen-bond donors (Lipinski definition) is 1. The molecule has 1 atom stereocenters. The van der Waals surface area contributed by atoms with Crippen molar-refractivity contribution in [2.45, 2.75) is 12.8 Å². The van der Waals surface area contributed by atoms with Crippen molar-refractivity contribution in [2.75, 3.05) is 19.7 Å². The van der Waals surface area contributed by atoms with Crippen LogP contribution < -0.4 is 10.1 Å². The van der Waals surface area contributed by atoms with Crippen LogP contribution in [0, 0.1) is 11.7 Å². The molecule has 0 spiro atoms. The highest BCUT2D eigenvalue weighted by Gasteiger charge is 2.18. The molecule has 7 heteroatoms. The molecule has 25 heavy (non-hydrogen) atoms. The van der Waals surface area contributed by atoms with E-state index in [1.165, 1.54) is 12.1 Å². The lowest BCUT2D eigenvalue weighted by Crippen LogP contribution is -2.33. The molecule has 0 amide bonds. The molecule has 1 saturated heterocycles. The van der Waals surface area contributed by atoms with Crippen LogP contribution in [-0.4, -0.2) is 34.5 Å². The van der Waals surface area contributed by atoms with Gasteiger partial charge in [0.1, 0.15) is 5.82 Å². The third kappa shape index (κ3) is 3.75. The van der Waals surface area contributed by atoms with Gasteiger partial charge in [0.15, 0.2) is 5.82 Å². The summed E-state index contributed by atoms with van der Waals surface area (Å²) in [6.07, 6.45) is 4.01. The van der Waals surface area contributed by atoms with Gasteiger partial charge in [-0.3, -0.25) is 0 Å². The van der Waals surface area contributed by atoms with Gasteiger partial charge in [-0.1, -0.05) is 6.07 Å². The molecule has 1 fully saturated rings. The molecule has 3 heterocycles. The summed E-state index contributed by atoms with van der Waals surface area (Å²) >= 11 is 0. The number of ether oxygens (including phenoxy) is 1. The summed E-state index contributed by atoms with van der Waals surface area (Å²) < 4.78 is 21.4. The average molecular weight is 363 g/mol. The molecular weight excluding hydrogens is 343 g/mol. The maximum atomic E-state index is 13.7. The van der Waals surface area contributed by atoms with Crippen LogP contribution in [0.2, 0.25) is 0 Å². The Labute approximate surface area is 151 Å². The molecule has 5 nitrogen and oxygen atoms in total. The first-order valence-electron chi connectivity index (χ1n) is 8.24. The van der Waals surface area contributed by atoms with Crippen LogP contribution in [0.4, 0.5) is 4.39 Å². The van der Waals surface area contributed by atoms with Crippen molar-refractivity contribution in [3.63, 3.8) is 0 Å². The van der Waals surface area contributed by atoms with Gasteiger partial charge in [0.25, 0.3) is 0 Å². The summed E-state index contributed by atoms with van der Waals surface area (Å²) in [5, 5.41) is 8.57. The van der Waals surface area contributed by atoms with Crippen molar-refractivity contribution >= 4 is 23.3 Å². The SMILES string of the molecule is Cl.Fc1ccc2c(c1)c(OCC1CCCNC1)nn2-c1ccccn1. The topological polar surface area (TPSA) is 52.0 Å². The van der Waals surface area contributed by atoms with Crippen LogP contribution in [0.1, 0.15) is 12.8 Å². The number of rotatable bonds is 4. The van der Waals surface area contributed by atoms with Crippen LogP contribution in [0.25, 0.3) is 16.7 Å². The summed E-state index contributed by atoms with van der Waals surface area (Å²) in [5.74, 6) is 1.30. The number of pyridine rings is 1. The van der Waals surface area contributed by atoms with Gasteiger partial charge in [-0.25, -0.2) is 14.1 Å². The van der Waals surface area contributed by atoms with E-state index in [2.05, 4.69) is 15.4 Å². The molecule has 1 N–H and O–H groups in total. The Hall–Kier alpha value is -2.18. The van der Waals surface area contributed by atoms with E-state index in [1.54, 1.807) is 16.9 Å². The van der Waals surface area contributed by atoms with E-state index in [0.717, 1.165) is 31.4 Å². The van der Waals surface area contributed by atoms with Gasteiger partial charge in [-0.15, -0.1) is 17.5 Å². The number of nitrogens with zero attached hydrogens (tertiary/aromatic N) is 3. The van der Waals surface area contributed by atoms with E-state index in [1.807, 2.05) is 18.2 Å². The molecule has 1 unspecified atom stereocenters. The number of piperidine rings is 1. The van der Waals surface area contributed by atoms with Gasteiger partial charge in [-0.05, 0) is 49.7 Å². The highest BCUT2D eigenvalue weighted by molar-refractivity contribution is 5.86. The van der Waals surface area contributed by atoms with Crippen molar-refractivity contribution in [2.24, 2.45) is 5.92 Å². The van der Waals surface area contributed by atoms with Crippen molar-refractivity contribution in [3.8, 4) is 11.7 Å². The summed E-state index contributed by atoms with van der Waals surface area (Å²) in [6, 6.07) is 10.2. The summed E-state index contributed by atoms with van der Waals surface area (Å²) in [6.45, 7) is 2.60. The van der Waals surface area contributed by atoms with E-state index < -0.39 is 0 Å². The normalized spacial score (nSPS) is 17.2. The summed E-state index contributed by atoms with van der Waals surface area (Å²) in [5.41, 5.74) is 0.784. The maximum Gasteiger partial charge on any atom is 0.241 e. The van der Waals surface area contributed by atoms with Gasteiger partial charge in [-0.2, -0.15) is 0 Å². The molecule has 0 saturated carbocycles. The van der Waals surface area contributed by atoms with E-state index in [9.17, 15) is 4.39 Å². The Morgan fingerprint density at radius 2 is 2.20 bits per heavy atom. The van der Waals surface area contributed by atoms with E-state index in [4.69, 9.17) is 4.74 Å². The molecule has 1 aliphatic heterocycles. The molecule has 3 aromatic rings. The van der Waals surface area contributed by atoms with E-state index >= 15 is 0 Å². The monoisotopic (exact) mass is 362 g/mol. The quantitative estimate of drug-likeness (QED) is 0.773. The van der Waals surface area contributed by atoms with Gasteiger partial charge < -0.3 is 10.1 Å². The summed E-state index contributed by atoms with van der Waals surface area (Å²) in [7, 11) is 0. The highest BCUT2D eigenvalue weighted by Crippen LogP contribution is 2.28. The molecule has 132 valence electrons. The molecule has 4 rings (SSSR count). The Morgan fingerprint density at radius 1 is 1.28 bits per heavy atom. The number of fused-ring (bicyclic) bond motifs is 1. The van der Waals surface area contributed by atoms with Crippen LogP contribution >= 0.6 is 12.4 Å². The zero-order chi connectivity index (χ0) is 16.4. The molecular formula is C18H20ClFN4O. The average Bonchev–Trinajstić information content (AvgIpc) is 2.99. The first-order chi connectivity index (χ1) is 11.8. The third-order valence-corrected chi connectivity index (χ3v) is 4.33. The number of nitrogens with one attached hydrogen (secondary N) is 1. The van der Waals surface area contributed by atoms with Crippen LogP contribution in [0.3, 0.4) is 0 Å². The molecule has 0 bridgehead atoms. The second-order valence-electron chi connectivity index (χ2n) is 6.09. The molecule has 1 aromatic carbocycles. The zero-order valence-corrected chi connectivity index (χ0v) is 14.5. The fraction of sp³-hybridized carbons (Fsp3) is 0.333. The number of hydrogen-bond acceptors (Lipinski definition) is 4. The van der Waals surface area contributed by atoms with Gasteiger partial charge >= 0.3 is 0 Å². The lowest BCUT2D eigenvalue weighted by Gasteiger charge is -2.22. The molecule has 2 aromatic heterocycles. The Bertz CT molecular complexity index is 834. The van der Waals surface area contributed by atoms with Gasteiger partial charge in [0.2, 0.25) is 5.88 Å². The van der Waals surface area contributed by atoms with Crippen molar-refractivity contribution in [1.29, 1.82) is 0 Å². The standard InChI is InChI=1S/C18H19FN4O.ClH/c19-14-6-7-16-15(10-14)18(24-12-13-4-3-8-20-11-13)22-23(16)17-5-1-2-9-21-17;/h1-2,5-7,9-10,13,20H,3-4,8,11-12H2;1H. The maximum absolute atomic E-state index is 13.7. The fourth-order valence-corrected chi connectivity index (χ4v) is 3.09. The minimum atomic E-state index is -0.299. The summed E-state index contributed by atoms with van der Waals surface area (Å²) in [4.78, 5) is 4.33. The fourth-order valence-electron chi connectivity index (χ4n) is 3.09. The van der Waals surface area contributed by atoms with Crippen LogP contribution in [0.5, 0.6) is 5.88 Å². The lowest BCUT2D eigenvalue weighted by molar-refractivity contribution is 0.213. The predicted molar refractivity (Wildman–Crippen MR) is 97.2 cm³/mol. The molecule has 1 aliphatic rings. The van der Waals surface area contributed by atoms with E-state index in [0.29, 0.717) is 29.6 Å². The zero-order valence-electron chi connectivity index (χ0n) is 13.7. The first kappa shape index (κ1) is 17.6. The highest BCUT2D eigenvalue weighted by atomic mass is 35.5. The Balaban J connectivity index is 0.00000182. The molecule has 0 aliphatic carbocycles. The minimum Gasteiger partial charge on any atom is -0.476 e. The largest absolute Gasteiger partial charge is 0.476 e. The second-order valence-corrected chi connectivity index (χ2v) is 6.09. The smallest absolute Gasteiger partial charge is 0.241 e. The first-order valence-corrected chi connectivity index (χ1v) is 8.24. The lowest BCUT2D eigenvalue weighted by atomic mass is 10.0.